The summed E-state index contributed by atoms with van der Waals surface area (Å²) >= 11 is 5.11. The molecule has 22 heavy (non-hydrogen) atoms. The Labute approximate surface area is 142 Å². The van der Waals surface area contributed by atoms with E-state index in [-0.39, 0.29) is 5.75 Å². The molecule has 0 fully saturated rings. The van der Waals surface area contributed by atoms with E-state index in [1.165, 1.54) is 0 Å². The Kier molecular flexibility index (Phi) is 6.50. The van der Waals surface area contributed by atoms with Crippen LogP contribution in [0.1, 0.15) is 16.7 Å². The van der Waals surface area contributed by atoms with Crippen LogP contribution < -0.4 is 0 Å². The van der Waals surface area contributed by atoms with Crippen LogP contribution >= 0.6 is 27.7 Å². The van der Waals surface area contributed by atoms with E-state index in [1.807, 2.05) is 30.3 Å². The Bertz CT molecular complexity index is 710. The van der Waals surface area contributed by atoms with Crippen LogP contribution in [-0.4, -0.2) is 23.6 Å². The van der Waals surface area contributed by atoms with Gasteiger partial charge in [0.05, 0.1) is 11.6 Å². The molecular formula is C17H15BrN2OS. The van der Waals surface area contributed by atoms with Crippen molar-refractivity contribution in [3.8, 4) is 11.8 Å². The number of halogens is 1. The van der Waals surface area contributed by atoms with Crippen LogP contribution in [0.15, 0.2) is 51.9 Å². The van der Waals surface area contributed by atoms with Gasteiger partial charge in [0.1, 0.15) is 5.75 Å². The van der Waals surface area contributed by atoms with Crippen molar-refractivity contribution in [1.82, 2.24) is 0 Å². The molecule has 0 spiro atoms. The molecule has 2 aromatic carbocycles. The zero-order valence-corrected chi connectivity index (χ0v) is 14.3. The molecule has 3 nitrogen and oxygen atoms in total. The Morgan fingerprint density at radius 2 is 2.09 bits per heavy atom. The maximum absolute atomic E-state index is 9.70. The van der Waals surface area contributed by atoms with E-state index < -0.39 is 0 Å². The molecule has 0 aromatic heterocycles. The Balaban J connectivity index is 1.79. The van der Waals surface area contributed by atoms with Crippen molar-refractivity contribution < 1.29 is 5.11 Å². The van der Waals surface area contributed by atoms with E-state index in [4.69, 9.17) is 5.26 Å². The molecule has 0 saturated heterocycles. The number of hydrogen-bond donors (Lipinski definition) is 1. The predicted molar refractivity (Wildman–Crippen MR) is 95.6 cm³/mol. The van der Waals surface area contributed by atoms with Gasteiger partial charge >= 0.3 is 0 Å². The van der Waals surface area contributed by atoms with Gasteiger partial charge in [0.25, 0.3) is 0 Å². The van der Waals surface area contributed by atoms with Crippen molar-refractivity contribution in [3.63, 3.8) is 0 Å². The van der Waals surface area contributed by atoms with Crippen molar-refractivity contribution in [1.29, 1.82) is 5.26 Å². The first-order chi connectivity index (χ1) is 10.7. The maximum atomic E-state index is 9.70. The molecule has 0 radical (unpaired) electrons. The summed E-state index contributed by atoms with van der Waals surface area (Å²) in [6.07, 6.45) is 1.68. The molecule has 0 saturated carbocycles. The maximum Gasteiger partial charge on any atom is 0.124 e. The number of nitriles is 1. The van der Waals surface area contributed by atoms with Gasteiger partial charge in [0.15, 0.2) is 0 Å². The van der Waals surface area contributed by atoms with Gasteiger partial charge in [-0.15, -0.1) is 0 Å². The highest BCUT2D eigenvalue weighted by atomic mass is 79.9. The van der Waals surface area contributed by atoms with Gasteiger partial charge in [-0.05, 0) is 29.8 Å². The normalized spacial score (nSPS) is 10.7. The topological polar surface area (TPSA) is 56.4 Å². The van der Waals surface area contributed by atoms with Crippen LogP contribution in [0.25, 0.3) is 0 Å². The minimum atomic E-state index is 0.225. The second kappa shape index (κ2) is 8.62. The summed E-state index contributed by atoms with van der Waals surface area (Å²) in [5.74, 6) is 1.90. The SMILES string of the molecule is N#Cc1ccccc1CSCCN=Cc1cc(Br)ccc1O. The monoisotopic (exact) mass is 374 g/mol. The summed E-state index contributed by atoms with van der Waals surface area (Å²) in [6, 6.07) is 15.1. The fraction of sp³-hybridized carbons (Fsp3) is 0.176. The lowest BCUT2D eigenvalue weighted by molar-refractivity contribution is 0.474. The molecule has 1 N–H and O–H groups in total. The molecule has 0 bridgehead atoms. The van der Waals surface area contributed by atoms with Gasteiger partial charge in [-0.25, -0.2) is 0 Å². The molecule has 2 aromatic rings. The lowest BCUT2D eigenvalue weighted by atomic mass is 10.1. The third-order valence-electron chi connectivity index (χ3n) is 2.98. The van der Waals surface area contributed by atoms with E-state index in [2.05, 4.69) is 27.0 Å². The van der Waals surface area contributed by atoms with Crippen LogP contribution in [0.2, 0.25) is 0 Å². The number of aromatic hydroxyl groups is 1. The van der Waals surface area contributed by atoms with Gasteiger partial charge < -0.3 is 5.11 Å². The van der Waals surface area contributed by atoms with Gasteiger partial charge in [0.2, 0.25) is 0 Å². The number of thioether (sulfide) groups is 1. The number of phenols is 1. The molecule has 112 valence electrons. The first-order valence-electron chi connectivity index (χ1n) is 6.75. The first-order valence-corrected chi connectivity index (χ1v) is 8.69. The number of aliphatic imine (C=N–C) groups is 1. The quantitative estimate of drug-likeness (QED) is 0.602. The largest absolute Gasteiger partial charge is 0.507 e. The highest BCUT2D eigenvalue weighted by Crippen LogP contribution is 2.20. The smallest absolute Gasteiger partial charge is 0.124 e. The highest BCUT2D eigenvalue weighted by Gasteiger charge is 2.00. The molecule has 0 aliphatic carbocycles. The fourth-order valence-corrected chi connectivity index (χ4v) is 3.08. The summed E-state index contributed by atoms with van der Waals surface area (Å²) < 4.78 is 0.911. The van der Waals surface area contributed by atoms with Crippen LogP contribution in [0, 0.1) is 11.3 Å². The van der Waals surface area contributed by atoms with Crippen LogP contribution in [0.4, 0.5) is 0 Å². The lowest BCUT2D eigenvalue weighted by Crippen LogP contribution is -1.91. The predicted octanol–water partition coefficient (Wildman–Crippen LogP) is 4.38. The van der Waals surface area contributed by atoms with Crippen molar-refractivity contribution >= 4 is 33.9 Å². The third kappa shape index (κ3) is 4.90. The lowest BCUT2D eigenvalue weighted by Gasteiger charge is -2.02. The molecule has 0 aliphatic heterocycles. The Morgan fingerprint density at radius 1 is 1.27 bits per heavy atom. The summed E-state index contributed by atoms with van der Waals surface area (Å²) in [7, 11) is 0. The summed E-state index contributed by atoms with van der Waals surface area (Å²) in [5, 5.41) is 18.7. The fourth-order valence-electron chi connectivity index (χ4n) is 1.85. The summed E-state index contributed by atoms with van der Waals surface area (Å²) in [5.41, 5.74) is 2.50. The van der Waals surface area contributed by atoms with Crippen molar-refractivity contribution in [2.24, 2.45) is 4.99 Å². The standard InChI is InChI=1S/C17H15BrN2OS/c18-16-5-6-17(21)15(9-16)11-20-7-8-22-12-14-4-2-1-3-13(14)10-19/h1-6,9,11,21H,7-8,12H2. The average molecular weight is 375 g/mol. The van der Waals surface area contributed by atoms with Gasteiger partial charge in [-0.2, -0.15) is 17.0 Å². The van der Waals surface area contributed by atoms with Gasteiger partial charge in [0, 0.05) is 34.3 Å². The summed E-state index contributed by atoms with van der Waals surface area (Å²) in [6.45, 7) is 0.672. The Hall–Kier alpha value is -1.77. The number of benzene rings is 2. The van der Waals surface area contributed by atoms with E-state index >= 15 is 0 Å². The minimum Gasteiger partial charge on any atom is -0.507 e. The molecule has 0 amide bonds. The third-order valence-corrected chi connectivity index (χ3v) is 4.46. The molecule has 5 heteroatoms. The van der Waals surface area contributed by atoms with Crippen molar-refractivity contribution in [3.05, 3.63) is 63.6 Å². The molecule has 0 aliphatic rings. The number of nitrogens with zero attached hydrogens (tertiary/aromatic N) is 2. The molecule has 2 rings (SSSR count). The Morgan fingerprint density at radius 3 is 2.91 bits per heavy atom. The number of phenolic OH excluding ortho intramolecular Hbond substituents is 1. The second-order valence-corrected chi connectivity index (χ2v) is 6.58. The van der Waals surface area contributed by atoms with Crippen molar-refractivity contribution in [2.45, 2.75) is 5.75 Å². The van der Waals surface area contributed by atoms with Gasteiger partial charge in [-0.3, -0.25) is 4.99 Å². The highest BCUT2D eigenvalue weighted by molar-refractivity contribution is 9.10. The van der Waals surface area contributed by atoms with E-state index in [1.54, 1.807) is 30.1 Å². The van der Waals surface area contributed by atoms with Crippen LogP contribution in [0.3, 0.4) is 0 Å². The molecule has 0 unspecified atom stereocenters. The van der Waals surface area contributed by atoms with E-state index in [0.717, 1.165) is 27.1 Å². The van der Waals surface area contributed by atoms with Crippen LogP contribution in [-0.2, 0) is 5.75 Å². The zero-order chi connectivity index (χ0) is 15.8. The second-order valence-electron chi connectivity index (χ2n) is 4.56. The molecule has 0 atom stereocenters. The number of rotatable bonds is 6. The van der Waals surface area contributed by atoms with Crippen molar-refractivity contribution in [2.75, 3.05) is 12.3 Å². The van der Waals surface area contributed by atoms with E-state index in [9.17, 15) is 5.11 Å². The van der Waals surface area contributed by atoms with E-state index in [0.29, 0.717) is 12.1 Å². The van der Waals surface area contributed by atoms with Crippen LogP contribution in [0.5, 0.6) is 5.75 Å². The minimum absolute atomic E-state index is 0.225. The van der Waals surface area contributed by atoms with Gasteiger partial charge in [-0.1, -0.05) is 34.1 Å². The first kappa shape index (κ1) is 16.6. The molecular weight excluding hydrogens is 360 g/mol. The average Bonchev–Trinajstić information content (AvgIpc) is 2.54. The molecule has 0 heterocycles. The number of hydrogen-bond acceptors (Lipinski definition) is 4. The zero-order valence-electron chi connectivity index (χ0n) is 11.9. The summed E-state index contributed by atoms with van der Waals surface area (Å²) in [4.78, 5) is 4.33.